The van der Waals surface area contributed by atoms with Gasteiger partial charge in [0.1, 0.15) is 11.9 Å². The lowest BCUT2D eigenvalue weighted by molar-refractivity contribution is 0.0963. The SMILES string of the molecule is CCCCOC(=O)N1C[C@@H]2C[C@H]1c1ccccc1O2. The molecule has 0 aliphatic carbocycles. The summed E-state index contributed by atoms with van der Waals surface area (Å²) in [5.74, 6) is 0.910. The first-order valence-electron chi connectivity index (χ1n) is 6.98. The Bertz CT molecular complexity index is 474. The van der Waals surface area contributed by atoms with E-state index in [4.69, 9.17) is 9.47 Å². The van der Waals surface area contributed by atoms with Crippen molar-refractivity contribution < 1.29 is 14.3 Å². The molecule has 1 aromatic rings. The summed E-state index contributed by atoms with van der Waals surface area (Å²) in [5.41, 5.74) is 1.10. The maximum atomic E-state index is 12.1. The third-order valence-electron chi connectivity index (χ3n) is 3.79. The molecule has 2 aliphatic heterocycles. The Morgan fingerprint density at radius 3 is 3.16 bits per heavy atom. The monoisotopic (exact) mass is 261 g/mol. The molecule has 2 atom stereocenters. The van der Waals surface area contributed by atoms with Crippen LogP contribution in [0.2, 0.25) is 0 Å². The number of benzene rings is 1. The van der Waals surface area contributed by atoms with Crippen LogP contribution < -0.4 is 4.74 Å². The van der Waals surface area contributed by atoms with Gasteiger partial charge in [0.05, 0.1) is 19.2 Å². The summed E-state index contributed by atoms with van der Waals surface area (Å²) in [6, 6.07) is 8.08. The Morgan fingerprint density at radius 1 is 1.47 bits per heavy atom. The number of ether oxygens (including phenoxy) is 2. The van der Waals surface area contributed by atoms with E-state index in [9.17, 15) is 4.79 Å². The van der Waals surface area contributed by atoms with E-state index in [1.165, 1.54) is 0 Å². The van der Waals surface area contributed by atoms with Crippen LogP contribution in [-0.4, -0.2) is 30.2 Å². The van der Waals surface area contributed by atoms with Crippen molar-refractivity contribution in [3.63, 3.8) is 0 Å². The molecular formula is C15H19NO3. The highest BCUT2D eigenvalue weighted by Crippen LogP contribution is 2.43. The first kappa shape index (κ1) is 12.3. The number of unbranched alkanes of at least 4 members (excludes halogenated alkanes) is 1. The normalized spacial score (nSPS) is 23.7. The van der Waals surface area contributed by atoms with E-state index < -0.39 is 0 Å². The highest BCUT2D eigenvalue weighted by molar-refractivity contribution is 5.69. The molecule has 0 radical (unpaired) electrons. The highest BCUT2D eigenvalue weighted by Gasteiger charge is 2.42. The van der Waals surface area contributed by atoms with Gasteiger partial charge in [0.2, 0.25) is 0 Å². The first-order chi connectivity index (χ1) is 9.29. The minimum Gasteiger partial charge on any atom is -0.488 e. The number of para-hydroxylation sites is 1. The molecule has 0 unspecified atom stereocenters. The number of likely N-dealkylation sites (tertiary alicyclic amines) is 1. The molecule has 0 aromatic heterocycles. The Balaban J connectivity index is 1.74. The Hall–Kier alpha value is -1.71. The molecule has 0 N–H and O–H groups in total. The van der Waals surface area contributed by atoms with Crippen LogP contribution in [0, 0.1) is 0 Å². The van der Waals surface area contributed by atoms with Crippen LogP contribution in [0.25, 0.3) is 0 Å². The molecule has 4 heteroatoms. The van der Waals surface area contributed by atoms with E-state index in [2.05, 4.69) is 6.92 Å². The van der Waals surface area contributed by atoms with Crippen LogP contribution in [0.1, 0.15) is 37.8 Å². The number of carbonyl (C=O) groups excluding carboxylic acids is 1. The second-order valence-electron chi connectivity index (χ2n) is 5.15. The average molecular weight is 261 g/mol. The molecular weight excluding hydrogens is 242 g/mol. The topological polar surface area (TPSA) is 38.8 Å². The second-order valence-corrected chi connectivity index (χ2v) is 5.15. The summed E-state index contributed by atoms with van der Waals surface area (Å²) in [7, 11) is 0. The number of hydrogen-bond acceptors (Lipinski definition) is 3. The lowest BCUT2D eigenvalue weighted by Crippen LogP contribution is -2.31. The molecule has 1 fully saturated rings. The molecule has 1 aromatic carbocycles. The van der Waals surface area contributed by atoms with Crippen molar-refractivity contribution in [2.45, 2.75) is 38.3 Å². The van der Waals surface area contributed by atoms with Gasteiger partial charge in [-0.25, -0.2) is 4.79 Å². The van der Waals surface area contributed by atoms with Crippen molar-refractivity contribution in [3.05, 3.63) is 29.8 Å². The van der Waals surface area contributed by atoms with Crippen molar-refractivity contribution >= 4 is 6.09 Å². The predicted molar refractivity (Wildman–Crippen MR) is 71.2 cm³/mol. The summed E-state index contributed by atoms with van der Waals surface area (Å²) in [4.78, 5) is 13.9. The number of amides is 1. The van der Waals surface area contributed by atoms with Gasteiger partial charge in [0.25, 0.3) is 0 Å². The van der Waals surface area contributed by atoms with Gasteiger partial charge in [-0.2, -0.15) is 0 Å². The van der Waals surface area contributed by atoms with Crippen LogP contribution in [-0.2, 0) is 4.74 Å². The number of fused-ring (bicyclic) bond motifs is 4. The van der Waals surface area contributed by atoms with E-state index in [1.807, 2.05) is 29.2 Å². The molecule has 0 spiro atoms. The van der Waals surface area contributed by atoms with Gasteiger partial charge in [-0.15, -0.1) is 0 Å². The van der Waals surface area contributed by atoms with E-state index in [-0.39, 0.29) is 18.2 Å². The average Bonchev–Trinajstić information content (AvgIpc) is 2.77. The third kappa shape index (κ3) is 2.27. The number of carbonyl (C=O) groups is 1. The largest absolute Gasteiger partial charge is 0.488 e. The van der Waals surface area contributed by atoms with Gasteiger partial charge >= 0.3 is 6.09 Å². The molecule has 19 heavy (non-hydrogen) atoms. The standard InChI is InChI=1S/C15H19NO3/c1-2-3-8-18-15(17)16-10-11-9-13(16)12-6-4-5-7-14(12)19-11/h4-7,11,13H,2-3,8-10H2,1H3/t11-,13-/m0/s1. The third-order valence-corrected chi connectivity index (χ3v) is 3.79. The summed E-state index contributed by atoms with van der Waals surface area (Å²) in [6.07, 6.45) is 2.73. The molecule has 1 saturated heterocycles. The van der Waals surface area contributed by atoms with Gasteiger partial charge < -0.3 is 9.47 Å². The lowest BCUT2D eigenvalue weighted by Gasteiger charge is -2.26. The first-order valence-corrected chi connectivity index (χ1v) is 6.98. The summed E-state index contributed by atoms with van der Waals surface area (Å²) in [5, 5.41) is 0. The summed E-state index contributed by atoms with van der Waals surface area (Å²) < 4.78 is 11.2. The molecule has 2 aliphatic rings. The number of nitrogens with zero attached hydrogens (tertiary/aromatic N) is 1. The number of hydrogen-bond donors (Lipinski definition) is 0. The van der Waals surface area contributed by atoms with Crippen molar-refractivity contribution in [1.29, 1.82) is 0 Å². The van der Waals surface area contributed by atoms with Gasteiger partial charge in [0, 0.05) is 12.0 Å². The van der Waals surface area contributed by atoms with Crippen LogP contribution in [0.4, 0.5) is 4.79 Å². The van der Waals surface area contributed by atoms with Crippen LogP contribution in [0.15, 0.2) is 24.3 Å². The van der Waals surface area contributed by atoms with Crippen LogP contribution in [0.5, 0.6) is 5.75 Å². The van der Waals surface area contributed by atoms with Gasteiger partial charge in [-0.3, -0.25) is 4.90 Å². The minimum atomic E-state index is -0.207. The minimum absolute atomic E-state index is 0.110. The number of rotatable bonds is 3. The second kappa shape index (κ2) is 5.11. The molecule has 0 saturated carbocycles. The van der Waals surface area contributed by atoms with Crippen molar-refractivity contribution in [3.8, 4) is 5.75 Å². The molecule has 102 valence electrons. The predicted octanol–water partition coefficient (Wildman–Crippen LogP) is 3.13. The Morgan fingerprint density at radius 2 is 2.32 bits per heavy atom. The summed E-state index contributed by atoms with van der Waals surface area (Å²) >= 11 is 0. The molecule has 4 nitrogen and oxygen atoms in total. The molecule has 2 heterocycles. The molecule has 3 rings (SSSR count). The van der Waals surface area contributed by atoms with Gasteiger partial charge in [0.15, 0.2) is 0 Å². The van der Waals surface area contributed by atoms with Gasteiger partial charge in [-0.05, 0) is 12.5 Å². The maximum absolute atomic E-state index is 12.1. The van der Waals surface area contributed by atoms with E-state index in [0.717, 1.165) is 30.6 Å². The van der Waals surface area contributed by atoms with Crippen molar-refractivity contribution in [1.82, 2.24) is 4.90 Å². The summed E-state index contributed by atoms with van der Waals surface area (Å²) in [6.45, 7) is 3.22. The maximum Gasteiger partial charge on any atom is 0.410 e. The van der Waals surface area contributed by atoms with Crippen LogP contribution in [0.3, 0.4) is 0 Å². The van der Waals surface area contributed by atoms with Crippen molar-refractivity contribution in [2.75, 3.05) is 13.2 Å². The van der Waals surface area contributed by atoms with Crippen molar-refractivity contribution in [2.24, 2.45) is 0 Å². The smallest absolute Gasteiger partial charge is 0.410 e. The highest BCUT2D eigenvalue weighted by atomic mass is 16.6. The molecule has 2 bridgehead atoms. The zero-order chi connectivity index (χ0) is 13.2. The van der Waals surface area contributed by atoms with E-state index in [0.29, 0.717) is 13.2 Å². The van der Waals surface area contributed by atoms with E-state index in [1.54, 1.807) is 0 Å². The van der Waals surface area contributed by atoms with E-state index >= 15 is 0 Å². The Labute approximate surface area is 113 Å². The fourth-order valence-corrected chi connectivity index (χ4v) is 2.81. The zero-order valence-corrected chi connectivity index (χ0v) is 11.2. The quantitative estimate of drug-likeness (QED) is 0.785. The fourth-order valence-electron chi connectivity index (χ4n) is 2.81. The van der Waals surface area contributed by atoms with Crippen LogP contribution >= 0.6 is 0 Å². The Kier molecular flexibility index (Phi) is 3.32. The molecule has 1 amide bonds. The lowest BCUT2D eigenvalue weighted by atomic mass is 10.0. The zero-order valence-electron chi connectivity index (χ0n) is 11.2. The fraction of sp³-hybridized carbons (Fsp3) is 0.533. The van der Waals surface area contributed by atoms with Gasteiger partial charge in [-0.1, -0.05) is 31.5 Å².